The highest BCUT2D eigenvalue weighted by molar-refractivity contribution is 6.05. The number of alkyl halides is 1. The Morgan fingerprint density at radius 1 is 1.23 bits per heavy atom. The number of nitrogens with one attached hydrogen (secondary N) is 1. The molecule has 0 unspecified atom stereocenters. The predicted octanol–water partition coefficient (Wildman–Crippen LogP) is 4.29. The minimum absolute atomic E-state index is 0.0724. The van der Waals surface area contributed by atoms with Crippen molar-refractivity contribution in [1.82, 2.24) is 0 Å². The lowest BCUT2D eigenvalue weighted by molar-refractivity contribution is 0.102. The summed E-state index contributed by atoms with van der Waals surface area (Å²) in [6.07, 6.45) is 3.30. The number of carbonyl (C=O) groups is 1. The maximum absolute atomic E-state index is 12.7. The van der Waals surface area contributed by atoms with Crippen molar-refractivity contribution in [3.63, 3.8) is 0 Å². The van der Waals surface area contributed by atoms with E-state index >= 15 is 0 Å². The van der Waals surface area contributed by atoms with Crippen molar-refractivity contribution < 1.29 is 18.3 Å². The van der Waals surface area contributed by atoms with Gasteiger partial charge in [-0.2, -0.15) is 0 Å². The standard InChI is InChI=1S/C24H25FN2O4/c1-2-3-18-20(30-13-12-25)9-4-15-14-19(23(29)31-21(15)18)22(28)27-17-7-5-16(6-8-17)24(26)10-11-24/h4-9,14H,2-3,10-13,26H2,1H3,(H,27,28). The van der Waals surface area contributed by atoms with Crippen molar-refractivity contribution >= 4 is 22.6 Å². The highest BCUT2D eigenvalue weighted by Crippen LogP contribution is 2.42. The fraction of sp³-hybridized carbons (Fsp3) is 0.333. The highest BCUT2D eigenvalue weighted by Gasteiger charge is 2.39. The van der Waals surface area contributed by atoms with Gasteiger partial charge in [0, 0.05) is 22.2 Å². The Kier molecular flexibility index (Phi) is 5.78. The van der Waals surface area contributed by atoms with E-state index in [9.17, 15) is 14.0 Å². The number of hydrogen-bond donors (Lipinski definition) is 2. The van der Waals surface area contributed by atoms with Gasteiger partial charge in [0.2, 0.25) is 0 Å². The molecule has 2 aromatic carbocycles. The van der Waals surface area contributed by atoms with E-state index in [1.54, 1.807) is 24.3 Å². The Balaban J connectivity index is 1.62. The zero-order chi connectivity index (χ0) is 22.0. The topological polar surface area (TPSA) is 94.6 Å². The van der Waals surface area contributed by atoms with Gasteiger partial charge in [-0.15, -0.1) is 0 Å². The van der Waals surface area contributed by atoms with Crippen molar-refractivity contribution in [2.45, 2.75) is 38.1 Å². The lowest BCUT2D eigenvalue weighted by Crippen LogP contribution is -2.21. The summed E-state index contributed by atoms with van der Waals surface area (Å²) >= 11 is 0. The number of nitrogens with two attached hydrogens (primary N) is 1. The number of fused-ring (bicyclic) bond motifs is 1. The van der Waals surface area contributed by atoms with Gasteiger partial charge in [0.1, 0.15) is 30.2 Å². The first-order valence-electron chi connectivity index (χ1n) is 10.4. The number of halogens is 1. The number of anilines is 1. The van der Waals surface area contributed by atoms with Crippen molar-refractivity contribution in [1.29, 1.82) is 0 Å². The van der Waals surface area contributed by atoms with Crippen LogP contribution in [-0.4, -0.2) is 19.2 Å². The molecule has 1 aromatic heterocycles. The lowest BCUT2D eigenvalue weighted by atomic mass is 10.0. The van der Waals surface area contributed by atoms with Crippen molar-refractivity contribution in [3.05, 3.63) is 69.6 Å². The largest absolute Gasteiger partial charge is 0.490 e. The molecule has 31 heavy (non-hydrogen) atoms. The average Bonchev–Trinajstić information content (AvgIpc) is 3.52. The van der Waals surface area contributed by atoms with E-state index in [2.05, 4.69) is 5.32 Å². The molecule has 0 bridgehead atoms. The van der Waals surface area contributed by atoms with E-state index in [1.807, 2.05) is 19.1 Å². The molecule has 4 rings (SSSR count). The molecular weight excluding hydrogens is 399 g/mol. The summed E-state index contributed by atoms with van der Waals surface area (Å²) < 4.78 is 23.5. The monoisotopic (exact) mass is 424 g/mol. The van der Waals surface area contributed by atoms with Crippen LogP contribution in [0.15, 0.2) is 51.7 Å². The molecule has 1 fully saturated rings. The van der Waals surface area contributed by atoms with Crippen LogP contribution >= 0.6 is 0 Å². The summed E-state index contributed by atoms with van der Waals surface area (Å²) in [6, 6.07) is 12.3. The molecule has 1 aliphatic rings. The molecular formula is C24H25FN2O4. The molecule has 1 aliphatic carbocycles. The third-order valence-electron chi connectivity index (χ3n) is 5.55. The van der Waals surface area contributed by atoms with Gasteiger partial charge in [0.25, 0.3) is 5.91 Å². The second-order valence-corrected chi connectivity index (χ2v) is 7.88. The summed E-state index contributed by atoms with van der Waals surface area (Å²) in [7, 11) is 0. The van der Waals surface area contributed by atoms with Crippen molar-refractivity contribution in [3.8, 4) is 5.75 Å². The SMILES string of the molecule is CCCc1c(OCCF)ccc2cc(C(=O)Nc3ccc(C4(N)CC4)cc3)c(=O)oc12. The molecule has 0 atom stereocenters. The van der Waals surface area contributed by atoms with Gasteiger partial charge in [0.15, 0.2) is 0 Å². The number of ether oxygens (including phenoxy) is 1. The van der Waals surface area contributed by atoms with Gasteiger partial charge >= 0.3 is 5.63 Å². The fourth-order valence-corrected chi connectivity index (χ4v) is 3.66. The Morgan fingerprint density at radius 3 is 2.61 bits per heavy atom. The van der Waals surface area contributed by atoms with Crippen LogP contribution in [0.4, 0.5) is 10.1 Å². The van der Waals surface area contributed by atoms with Gasteiger partial charge in [-0.05, 0) is 55.2 Å². The van der Waals surface area contributed by atoms with Gasteiger partial charge < -0.3 is 20.2 Å². The molecule has 0 radical (unpaired) electrons. The second-order valence-electron chi connectivity index (χ2n) is 7.88. The molecule has 0 spiro atoms. The zero-order valence-corrected chi connectivity index (χ0v) is 17.4. The average molecular weight is 424 g/mol. The van der Waals surface area contributed by atoms with Crippen LogP contribution in [0.3, 0.4) is 0 Å². The summed E-state index contributed by atoms with van der Waals surface area (Å²) in [6.45, 7) is 1.30. The zero-order valence-electron chi connectivity index (χ0n) is 17.4. The quantitative estimate of drug-likeness (QED) is 0.526. The summed E-state index contributed by atoms with van der Waals surface area (Å²) in [5.74, 6) is -0.0622. The van der Waals surface area contributed by atoms with Crippen LogP contribution in [0.1, 0.15) is 47.7 Å². The molecule has 0 aliphatic heterocycles. The maximum atomic E-state index is 12.7. The molecule has 1 heterocycles. The Bertz CT molecular complexity index is 1170. The molecule has 1 amide bonds. The lowest BCUT2D eigenvalue weighted by Gasteiger charge is -2.13. The number of benzene rings is 2. The Hall–Kier alpha value is -3.19. The molecule has 0 saturated heterocycles. The minimum Gasteiger partial charge on any atom is -0.490 e. The second kappa shape index (κ2) is 8.51. The molecule has 6 nitrogen and oxygen atoms in total. The van der Waals surface area contributed by atoms with Crippen LogP contribution in [-0.2, 0) is 12.0 Å². The van der Waals surface area contributed by atoms with Crippen LogP contribution in [0.5, 0.6) is 5.75 Å². The number of aryl methyl sites for hydroxylation is 1. The van der Waals surface area contributed by atoms with Gasteiger partial charge in [0.05, 0.1) is 0 Å². The molecule has 7 heteroatoms. The number of carbonyl (C=O) groups excluding carboxylic acids is 1. The summed E-state index contributed by atoms with van der Waals surface area (Å²) in [5.41, 5.74) is 7.78. The Morgan fingerprint density at radius 2 is 1.97 bits per heavy atom. The predicted molar refractivity (Wildman–Crippen MR) is 117 cm³/mol. The maximum Gasteiger partial charge on any atom is 0.349 e. The van der Waals surface area contributed by atoms with Crippen molar-refractivity contribution in [2.75, 3.05) is 18.6 Å². The van der Waals surface area contributed by atoms with Crippen LogP contribution in [0.2, 0.25) is 0 Å². The van der Waals surface area contributed by atoms with E-state index in [0.29, 0.717) is 34.4 Å². The number of rotatable bonds is 8. The van der Waals surface area contributed by atoms with E-state index in [-0.39, 0.29) is 17.7 Å². The van der Waals surface area contributed by atoms with Crippen molar-refractivity contribution in [2.24, 2.45) is 5.73 Å². The molecule has 1 saturated carbocycles. The number of hydrogen-bond acceptors (Lipinski definition) is 5. The summed E-state index contributed by atoms with van der Waals surface area (Å²) in [4.78, 5) is 25.3. The van der Waals surface area contributed by atoms with E-state index in [0.717, 1.165) is 24.8 Å². The first-order chi connectivity index (χ1) is 14.9. The third kappa shape index (κ3) is 4.32. The van der Waals surface area contributed by atoms with E-state index in [4.69, 9.17) is 14.9 Å². The third-order valence-corrected chi connectivity index (χ3v) is 5.55. The normalized spacial score (nSPS) is 14.4. The van der Waals surface area contributed by atoms with Crippen LogP contribution in [0, 0.1) is 0 Å². The first-order valence-corrected chi connectivity index (χ1v) is 10.4. The Labute approximate surface area is 179 Å². The molecule has 162 valence electrons. The molecule has 3 aromatic rings. The molecule has 3 N–H and O–H groups in total. The van der Waals surface area contributed by atoms with Gasteiger partial charge in [-0.25, -0.2) is 9.18 Å². The smallest absolute Gasteiger partial charge is 0.349 e. The fourth-order valence-electron chi connectivity index (χ4n) is 3.66. The number of amides is 1. The summed E-state index contributed by atoms with van der Waals surface area (Å²) in [5, 5.41) is 3.34. The van der Waals surface area contributed by atoms with Crippen LogP contribution in [0.25, 0.3) is 11.0 Å². The van der Waals surface area contributed by atoms with Gasteiger partial charge in [-0.3, -0.25) is 4.79 Å². The van der Waals surface area contributed by atoms with Crippen LogP contribution < -0.4 is 21.4 Å². The highest BCUT2D eigenvalue weighted by atomic mass is 19.1. The van der Waals surface area contributed by atoms with Gasteiger partial charge in [-0.1, -0.05) is 25.5 Å². The van der Waals surface area contributed by atoms with E-state index in [1.165, 1.54) is 6.07 Å². The van der Waals surface area contributed by atoms with E-state index < -0.39 is 18.2 Å². The minimum atomic E-state index is -0.736. The first kappa shape index (κ1) is 21.1.